The maximum Gasteiger partial charge on any atom is 0.0744 e. The molecule has 3 aromatic carbocycles. The zero-order valence-corrected chi connectivity index (χ0v) is 13.0. The smallest absolute Gasteiger partial charge is 0.0744 e. The van der Waals surface area contributed by atoms with E-state index in [9.17, 15) is 0 Å². The van der Waals surface area contributed by atoms with Crippen LogP contribution < -0.4 is 0 Å². The Morgan fingerprint density at radius 1 is 0.652 bits per heavy atom. The average molecular weight is 295 g/mol. The Morgan fingerprint density at radius 3 is 2.00 bits per heavy atom. The molecule has 0 saturated heterocycles. The highest BCUT2D eigenvalue weighted by molar-refractivity contribution is 5.98. The molecule has 4 rings (SSSR count). The van der Waals surface area contributed by atoms with E-state index in [1.54, 1.807) is 0 Å². The highest BCUT2D eigenvalue weighted by Crippen LogP contribution is 2.33. The molecule has 1 heterocycles. The summed E-state index contributed by atoms with van der Waals surface area (Å²) in [4.78, 5) is 4.93. The van der Waals surface area contributed by atoms with Crippen LogP contribution in [0, 0.1) is 6.92 Å². The van der Waals surface area contributed by atoms with E-state index in [-0.39, 0.29) is 0 Å². The lowest BCUT2D eigenvalue weighted by molar-refractivity contribution is 1.36. The molecule has 0 saturated carbocycles. The number of aryl methyl sites for hydroxylation is 1. The fourth-order valence-corrected chi connectivity index (χ4v) is 3.01. The van der Waals surface area contributed by atoms with Crippen LogP contribution in [0.2, 0.25) is 0 Å². The normalized spacial score (nSPS) is 10.8. The number of fused-ring (bicyclic) bond motifs is 1. The quantitative estimate of drug-likeness (QED) is 0.450. The van der Waals surface area contributed by atoms with Crippen LogP contribution in [0.25, 0.3) is 33.3 Å². The van der Waals surface area contributed by atoms with Gasteiger partial charge in [-0.1, -0.05) is 78.9 Å². The lowest BCUT2D eigenvalue weighted by Gasteiger charge is -2.12. The summed E-state index contributed by atoms with van der Waals surface area (Å²) in [7, 11) is 0. The molecule has 0 aliphatic rings. The minimum atomic E-state index is 1.02. The summed E-state index contributed by atoms with van der Waals surface area (Å²) < 4.78 is 0. The van der Waals surface area contributed by atoms with Crippen LogP contribution >= 0.6 is 0 Å². The van der Waals surface area contributed by atoms with E-state index >= 15 is 0 Å². The van der Waals surface area contributed by atoms with Gasteiger partial charge in [0, 0.05) is 10.9 Å². The lowest BCUT2D eigenvalue weighted by atomic mass is 9.97. The van der Waals surface area contributed by atoms with Crippen LogP contribution in [0.5, 0.6) is 0 Å². The van der Waals surface area contributed by atoms with Crippen molar-refractivity contribution in [2.45, 2.75) is 6.92 Å². The number of para-hydroxylation sites is 1. The third-order valence-corrected chi connectivity index (χ3v) is 4.20. The molecule has 0 aliphatic heterocycles. The number of rotatable bonds is 2. The van der Waals surface area contributed by atoms with E-state index < -0.39 is 0 Å². The van der Waals surface area contributed by atoms with Crippen LogP contribution in [-0.2, 0) is 0 Å². The Labute approximate surface area is 136 Å². The van der Waals surface area contributed by atoms with E-state index in [0.717, 1.165) is 16.8 Å². The van der Waals surface area contributed by atoms with Gasteiger partial charge in [-0.2, -0.15) is 0 Å². The van der Waals surface area contributed by atoms with E-state index in [1.807, 2.05) is 6.07 Å². The molecule has 0 radical (unpaired) electrons. The van der Waals surface area contributed by atoms with E-state index in [2.05, 4.69) is 85.8 Å². The van der Waals surface area contributed by atoms with Crippen LogP contribution in [0.3, 0.4) is 0 Å². The fraction of sp³-hybridized carbons (Fsp3) is 0.0455. The Bertz CT molecular complexity index is 957. The van der Waals surface area contributed by atoms with Crippen LogP contribution in [0.4, 0.5) is 0 Å². The topological polar surface area (TPSA) is 12.9 Å². The van der Waals surface area contributed by atoms with E-state index in [0.29, 0.717) is 0 Å². The van der Waals surface area contributed by atoms with Gasteiger partial charge in [-0.25, -0.2) is 4.98 Å². The van der Waals surface area contributed by atoms with Crippen molar-refractivity contribution in [1.29, 1.82) is 0 Å². The van der Waals surface area contributed by atoms with Crippen molar-refractivity contribution in [3.8, 4) is 22.4 Å². The monoisotopic (exact) mass is 295 g/mol. The van der Waals surface area contributed by atoms with Gasteiger partial charge in [0.2, 0.25) is 0 Å². The molecule has 0 N–H and O–H groups in total. The molecular formula is C22H17N. The highest BCUT2D eigenvalue weighted by Gasteiger charge is 2.10. The van der Waals surface area contributed by atoms with Gasteiger partial charge in [-0.05, 0) is 29.7 Å². The number of benzene rings is 3. The van der Waals surface area contributed by atoms with Gasteiger partial charge in [0.25, 0.3) is 0 Å². The Morgan fingerprint density at radius 2 is 1.30 bits per heavy atom. The fourth-order valence-electron chi connectivity index (χ4n) is 3.01. The van der Waals surface area contributed by atoms with Crippen LogP contribution in [0.1, 0.15) is 5.56 Å². The second-order valence-corrected chi connectivity index (χ2v) is 5.76. The third-order valence-electron chi connectivity index (χ3n) is 4.20. The first kappa shape index (κ1) is 13.7. The highest BCUT2D eigenvalue weighted by atomic mass is 14.7. The van der Waals surface area contributed by atoms with Gasteiger partial charge >= 0.3 is 0 Å². The summed E-state index contributed by atoms with van der Waals surface area (Å²) in [5, 5.41) is 1.20. The Hall–Kier alpha value is -2.93. The van der Waals surface area contributed by atoms with Crippen molar-refractivity contribution >= 4 is 10.9 Å². The summed E-state index contributed by atoms with van der Waals surface area (Å²) >= 11 is 0. The van der Waals surface area contributed by atoms with E-state index in [4.69, 9.17) is 4.98 Å². The van der Waals surface area contributed by atoms with Gasteiger partial charge in [0.05, 0.1) is 11.2 Å². The molecule has 0 atom stereocenters. The first-order valence-electron chi connectivity index (χ1n) is 7.84. The molecule has 1 heteroatoms. The van der Waals surface area contributed by atoms with Crippen molar-refractivity contribution in [2.75, 3.05) is 0 Å². The van der Waals surface area contributed by atoms with Crippen molar-refractivity contribution in [2.24, 2.45) is 0 Å². The third kappa shape index (κ3) is 2.51. The second-order valence-electron chi connectivity index (χ2n) is 5.76. The molecule has 1 nitrogen and oxygen atoms in total. The summed E-state index contributed by atoms with van der Waals surface area (Å²) in [5.74, 6) is 0. The molecule has 110 valence electrons. The van der Waals surface area contributed by atoms with Crippen molar-refractivity contribution in [1.82, 2.24) is 4.98 Å². The first-order valence-corrected chi connectivity index (χ1v) is 7.84. The van der Waals surface area contributed by atoms with Gasteiger partial charge in [0.15, 0.2) is 0 Å². The number of aromatic nitrogens is 1. The standard InChI is InChI=1S/C22H17N/c1-16-9-8-14-19-20(17-10-4-2-5-11-17)15-21(23-22(16)19)18-12-6-3-7-13-18/h2-15H,1H3. The molecule has 1 aromatic heterocycles. The predicted molar refractivity (Wildman–Crippen MR) is 97.4 cm³/mol. The SMILES string of the molecule is Cc1cccc2c(-c3ccccc3)cc(-c3ccccc3)nc12. The zero-order valence-electron chi connectivity index (χ0n) is 13.0. The maximum absolute atomic E-state index is 4.93. The molecule has 0 unspecified atom stereocenters. The van der Waals surface area contributed by atoms with Crippen molar-refractivity contribution < 1.29 is 0 Å². The molecule has 0 fully saturated rings. The summed E-state index contributed by atoms with van der Waals surface area (Å²) in [6.07, 6.45) is 0. The molecule has 23 heavy (non-hydrogen) atoms. The number of pyridine rings is 1. The van der Waals surface area contributed by atoms with Gasteiger partial charge in [-0.3, -0.25) is 0 Å². The molecule has 4 aromatic rings. The first-order chi connectivity index (χ1) is 11.3. The van der Waals surface area contributed by atoms with Crippen molar-refractivity contribution in [3.05, 3.63) is 90.5 Å². The minimum Gasteiger partial charge on any atom is -0.247 e. The Kier molecular flexibility index (Phi) is 3.39. The lowest BCUT2D eigenvalue weighted by Crippen LogP contribution is -1.91. The van der Waals surface area contributed by atoms with Crippen molar-refractivity contribution in [3.63, 3.8) is 0 Å². The Balaban J connectivity index is 2.06. The zero-order chi connectivity index (χ0) is 15.6. The predicted octanol–water partition coefficient (Wildman–Crippen LogP) is 5.88. The van der Waals surface area contributed by atoms with Crippen LogP contribution in [-0.4, -0.2) is 4.98 Å². The van der Waals surface area contributed by atoms with Gasteiger partial charge in [0.1, 0.15) is 0 Å². The summed E-state index contributed by atoms with van der Waals surface area (Å²) in [6, 6.07) is 29.5. The molecular weight excluding hydrogens is 278 g/mol. The molecule has 0 bridgehead atoms. The molecule has 0 aliphatic carbocycles. The molecule has 0 amide bonds. The minimum absolute atomic E-state index is 1.02. The number of hydrogen-bond donors (Lipinski definition) is 0. The number of nitrogens with zero attached hydrogens (tertiary/aromatic N) is 1. The maximum atomic E-state index is 4.93. The largest absolute Gasteiger partial charge is 0.247 e. The summed E-state index contributed by atoms with van der Waals surface area (Å²) in [6.45, 7) is 2.12. The van der Waals surface area contributed by atoms with Gasteiger partial charge in [-0.15, -0.1) is 0 Å². The van der Waals surface area contributed by atoms with Gasteiger partial charge < -0.3 is 0 Å². The molecule has 0 spiro atoms. The van der Waals surface area contributed by atoms with Crippen LogP contribution in [0.15, 0.2) is 84.9 Å². The van der Waals surface area contributed by atoms with E-state index in [1.165, 1.54) is 22.1 Å². The summed E-state index contributed by atoms with van der Waals surface area (Å²) in [5.41, 5.74) is 6.91. The number of hydrogen-bond acceptors (Lipinski definition) is 1. The second kappa shape index (κ2) is 5.69. The average Bonchev–Trinajstić information content (AvgIpc) is 2.63.